The number of rotatable bonds is 0. The molecule has 2 aliphatic heterocycles. The second kappa shape index (κ2) is 3.60. The lowest BCUT2D eigenvalue weighted by atomic mass is 10.1. The van der Waals surface area contributed by atoms with Gasteiger partial charge in [0.25, 0.3) is 0 Å². The summed E-state index contributed by atoms with van der Waals surface area (Å²) in [7, 11) is 0. The lowest BCUT2D eigenvalue weighted by molar-refractivity contribution is 0.426. The summed E-state index contributed by atoms with van der Waals surface area (Å²) >= 11 is 5.85. The van der Waals surface area contributed by atoms with Crippen molar-refractivity contribution < 1.29 is 4.39 Å². The van der Waals surface area contributed by atoms with E-state index in [-0.39, 0.29) is 10.8 Å². The van der Waals surface area contributed by atoms with E-state index in [9.17, 15) is 4.39 Å². The zero-order chi connectivity index (χ0) is 11.3. The Hall–Kier alpha value is -0.800. The van der Waals surface area contributed by atoms with Gasteiger partial charge in [0.1, 0.15) is 0 Å². The molecule has 1 saturated heterocycles. The lowest BCUT2D eigenvalue weighted by Crippen LogP contribution is -2.55. The van der Waals surface area contributed by atoms with E-state index in [4.69, 9.17) is 11.6 Å². The quantitative estimate of drug-likeness (QED) is 0.748. The molecule has 3 rings (SSSR count). The molecule has 2 nitrogen and oxygen atoms in total. The van der Waals surface area contributed by atoms with Gasteiger partial charge in [0, 0.05) is 25.2 Å². The standard InChI is InChI=1S/C12H14ClFN2/c1-7-5-15-6-9-4-8-2-3-10(13)11(14)12(8)16(7)9/h2-3,7,9,15H,4-6H2,1H3. The van der Waals surface area contributed by atoms with Crippen LogP contribution in [0, 0.1) is 5.82 Å². The van der Waals surface area contributed by atoms with E-state index < -0.39 is 0 Å². The SMILES string of the molecule is CC1CNCC2Cc3ccc(Cl)c(F)c3N12. The molecule has 0 spiro atoms. The van der Waals surface area contributed by atoms with Gasteiger partial charge in [-0.3, -0.25) is 0 Å². The van der Waals surface area contributed by atoms with Gasteiger partial charge < -0.3 is 10.2 Å². The van der Waals surface area contributed by atoms with Crippen LogP contribution in [-0.4, -0.2) is 25.2 Å². The number of halogens is 2. The maximum Gasteiger partial charge on any atom is 0.165 e. The molecule has 4 heteroatoms. The highest BCUT2D eigenvalue weighted by Gasteiger charge is 2.37. The van der Waals surface area contributed by atoms with Crippen LogP contribution in [0.1, 0.15) is 12.5 Å². The molecule has 0 saturated carbocycles. The first-order chi connectivity index (χ1) is 7.68. The van der Waals surface area contributed by atoms with Crippen LogP contribution in [-0.2, 0) is 6.42 Å². The predicted molar refractivity (Wildman–Crippen MR) is 63.7 cm³/mol. The molecule has 1 fully saturated rings. The Labute approximate surface area is 99.4 Å². The van der Waals surface area contributed by atoms with Crippen molar-refractivity contribution in [3.8, 4) is 0 Å². The van der Waals surface area contributed by atoms with E-state index in [2.05, 4.69) is 17.1 Å². The monoisotopic (exact) mass is 240 g/mol. The highest BCUT2D eigenvalue weighted by molar-refractivity contribution is 6.31. The third-order valence-corrected chi connectivity index (χ3v) is 3.85. The number of anilines is 1. The maximum absolute atomic E-state index is 14.1. The van der Waals surface area contributed by atoms with Crippen LogP contribution in [0.5, 0.6) is 0 Å². The average Bonchev–Trinajstić information content (AvgIpc) is 2.64. The fourth-order valence-electron chi connectivity index (χ4n) is 2.87. The maximum atomic E-state index is 14.1. The van der Waals surface area contributed by atoms with Gasteiger partial charge in [-0.25, -0.2) is 4.39 Å². The van der Waals surface area contributed by atoms with Crippen molar-refractivity contribution >= 4 is 17.3 Å². The van der Waals surface area contributed by atoms with Gasteiger partial charge in [0.2, 0.25) is 0 Å². The summed E-state index contributed by atoms with van der Waals surface area (Å²) in [5.41, 5.74) is 1.81. The molecule has 0 aromatic heterocycles. The molecule has 2 unspecified atom stereocenters. The first-order valence-electron chi connectivity index (χ1n) is 5.64. The van der Waals surface area contributed by atoms with E-state index in [0.29, 0.717) is 12.1 Å². The van der Waals surface area contributed by atoms with Crippen molar-refractivity contribution in [3.63, 3.8) is 0 Å². The highest BCUT2D eigenvalue weighted by atomic mass is 35.5. The van der Waals surface area contributed by atoms with E-state index in [1.54, 1.807) is 6.07 Å². The Bertz CT molecular complexity index is 435. The first-order valence-corrected chi connectivity index (χ1v) is 6.02. The first kappa shape index (κ1) is 10.4. The van der Waals surface area contributed by atoms with Gasteiger partial charge in [-0.2, -0.15) is 0 Å². The van der Waals surface area contributed by atoms with E-state index in [0.717, 1.165) is 30.8 Å². The fourth-order valence-corrected chi connectivity index (χ4v) is 3.02. The van der Waals surface area contributed by atoms with Crippen LogP contribution in [0.15, 0.2) is 12.1 Å². The third-order valence-electron chi connectivity index (χ3n) is 3.55. The molecule has 0 amide bonds. The Morgan fingerprint density at radius 1 is 1.44 bits per heavy atom. The molecule has 1 N–H and O–H groups in total. The Morgan fingerprint density at radius 2 is 2.25 bits per heavy atom. The van der Waals surface area contributed by atoms with E-state index in [1.165, 1.54) is 0 Å². The van der Waals surface area contributed by atoms with E-state index in [1.807, 2.05) is 6.07 Å². The van der Waals surface area contributed by atoms with Crippen molar-refractivity contribution in [1.29, 1.82) is 0 Å². The van der Waals surface area contributed by atoms with Gasteiger partial charge in [0.15, 0.2) is 5.82 Å². The largest absolute Gasteiger partial charge is 0.360 e. The topological polar surface area (TPSA) is 15.3 Å². The smallest absolute Gasteiger partial charge is 0.165 e. The molecule has 86 valence electrons. The Kier molecular flexibility index (Phi) is 2.33. The van der Waals surface area contributed by atoms with Crippen molar-refractivity contribution in [2.45, 2.75) is 25.4 Å². The molecule has 16 heavy (non-hydrogen) atoms. The van der Waals surface area contributed by atoms with Gasteiger partial charge >= 0.3 is 0 Å². The summed E-state index contributed by atoms with van der Waals surface area (Å²) in [5.74, 6) is -0.254. The third kappa shape index (κ3) is 1.35. The van der Waals surface area contributed by atoms with Gasteiger partial charge in [0.05, 0.1) is 10.7 Å². The van der Waals surface area contributed by atoms with Crippen molar-refractivity contribution in [2.24, 2.45) is 0 Å². The van der Waals surface area contributed by atoms with Crippen LogP contribution >= 0.6 is 11.6 Å². The predicted octanol–water partition coefficient (Wildman–Crippen LogP) is 2.20. The Morgan fingerprint density at radius 3 is 3.06 bits per heavy atom. The summed E-state index contributed by atoms with van der Waals surface area (Å²) < 4.78 is 14.1. The number of hydrogen-bond acceptors (Lipinski definition) is 2. The fraction of sp³-hybridized carbons (Fsp3) is 0.500. The molecule has 2 heterocycles. The molecule has 1 aromatic rings. The molecule has 1 aromatic carbocycles. The zero-order valence-corrected chi connectivity index (χ0v) is 9.89. The second-order valence-electron chi connectivity index (χ2n) is 4.64. The minimum atomic E-state index is -0.254. The highest BCUT2D eigenvalue weighted by Crippen LogP contribution is 2.39. The molecular weight excluding hydrogens is 227 g/mol. The number of hydrogen-bond donors (Lipinski definition) is 1. The summed E-state index contributed by atoms with van der Waals surface area (Å²) in [4.78, 5) is 2.19. The molecule has 0 bridgehead atoms. The van der Waals surface area contributed by atoms with Gasteiger partial charge in [-0.15, -0.1) is 0 Å². The van der Waals surface area contributed by atoms with Gasteiger partial charge in [-0.05, 0) is 25.0 Å². The summed E-state index contributed by atoms with van der Waals surface area (Å²) in [6, 6.07) is 4.32. The summed E-state index contributed by atoms with van der Waals surface area (Å²) in [6.45, 7) is 3.95. The average molecular weight is 241 g/mol. The lowest BCUT2D eigenvalue weighted by Gasteiger charge is -2.38. The number of fused-ring (bicyclic) bond motifs is 3. The Balaban J connectivity index is 2.11. The zero-order valence-electron chi connectivity index (χ0n) is 9.13. The molecule has 2 atom stereocenters. The van der Waals surface area contributed by atoms with Crippen LogP contribution in [0.25, 0.3) is 0 Å². The molecule has 2 aliphatic rings. The number of benzene rings is 1. The second-order valence-corrected chi connectivity index (χ2v) is 5.05. The normalized spacial score (nSPS) is 27.8. The summed E-state index contributed by atoms with van der Waals surface area (Å²) in [5, 5.41) is 3.60. The van der Waals surface area contributed by atoms with E-state index >= 15 is 0 Å². The molecule has 0 radical (unpaired) electrons. The van der Waals surface area contributed by atoms with Crippen LogP contribution < -0.4 is 10.2 Å². The van der Waals surface area contributed by atoms with Crippen molar-refractivity contribution in [3.05, 3.63) is 28.5 Å². The minimum Gasteiger partial charge on any atom is -0.360 e. The van der Waals surface area contributed by atoms with Crippen LogP contribution in [0.2, 0.25) is 5.02 Å². The van der Waals surface area contributed by atoms with Crippen molar-refractivity contribution in [2.75, 3.05) is 18.0 Å². The number of piperazine rings is 1. The number of nitrogens with one attached hydrogen (secondary N) is 1. The van der Waals surface area contributed by atoms with Crippen LogP contribution in [0.4, 0.5) is 10.1 Å². The molecule has 0 aliphatic carbocycles. The van der Waals surface area contributed by atoms with Crippen LogP contribution in [0.3, 0.4) is 0 Å². The molecular formula is C12H14ClFN2. The minimum absolute atomic E-state index is 0.227. The number of nitrogens with zero attached hydrogens (tertiary/aromatic N) is 1. The van der Waals surface area contributed by atoms with Gasteiger partial charge in [-0.1, -0.05) is 17.7 Å². The summed E-state index contributed by atoms with van der Waals surface area (Å²) in [6.07, 6.45) is 0.917. The van der Waals surface area contributed by atoms with Crippen molar-refractivity contribution in [1.82, 2.24) is 5.32 Å².